The Bertz CT molecular complexity index is 908. The molecule has 2 aromatic rings. The molecule has 1 amide bonds. The van der Waals surface area contributed by atoms with Crippen molar-refractivity contribution in [1.82, 2.24) is 10.3 Å². The highest BCUT2D eigenvalue weighted by molar-refractivity contribution is 6.48. The minimum atomic E-state index is -0.874. The quantitative estimate of drug-likeness (QED) is 0.514. The minimum Gasteiger partial charge on any atom is -0.490 e. The van der Waals surface area contributed by atoms with E-state index in [4.69, 9.17) is 49.0 Å². The Hall–Kier alpha value is -2.22. The number of hydrogen-bond acceptors (Lipinski definition) is 6. The van der Waals surface area contributed by atoms with Gasteiger partial charge in [0.2, 0.25) is 0 Å². The summed E-state index contributed by atoms with van der Waals surface area (Å²) < 4.78 is 16.0. The van der Waals surface area contributed by atoms with Gasteiger partial charge in [0.05, 0.1) is 28.3 Å². The molecule has 0 atom stereocenters. The molecule has 0 saturated heterocycles. The number of nitrogens with one attached hydrogen (secondary N) is 1. The summed E-state index contributed by atoms with van der Waals surface area (Å²) in [5.41, 5.74) is 0.752. The minimum absolute atomic E-state index is 0.00786. The standard InChI is InChI=1S/C20H21Cl3N2O5/c1-3-28-14-6-5-12(9-15(14)29-4-2)7-8-24-16(26)11-30-20(27)19-18(23)17(22)13(21)10-25-19/h5-6,9-10H,3-4,7-8,11H2,1-2H3,(H,24,26). The number of benzene rings is 1. The second-order valence-electron chi connectivity index (χ2n) is 5.91. The lowest BCUT2D eigenvalue weighted by Crippen LogP contribution is -2.30. The summed E-state index contributed by atoms with van der Waals surface area (Å²) in [6.07, 6.45) is 1.74. The van der Waals surface area contributed by atoms with Crippen LogP contribution in [-0.2, 0) is 16.0 Å². The van der Waals surface area contributed by atoms with Crippen LogP contribution >= 0.6 is 34.8 Å². The lowest BCUT2D eigenvalue weighted by molar-refractivity contribution is -0.124. The van der Waals surface area contributed by atoms with Crippen LogP contribution < -0.4 is 14.8 Å². The Morgan fingerprint density at radius 2 is 1.73 bits per heavy atom. The smallest absolute Gasteiger partial charge is 0.359 e. The number of halogens is 3. The lowest BCUT2D eigenvalue weighted by Gasteiger charge is -2.12. The number of carbonyl (C=O) groups is 2. The predicted octanol–water partition coefficient (Wildman–Crippen LogP) is 4.35. The highest BCUT2D eigenvalue weighted by Crippen LogP contribution is 2.31. The Balaban J connectivity index is 1.83. The van der Waals surface area contributed by atoms with Gasteiger partial charge in [-0.1, -0.05) is 40.9 Å². The van der Waals surface area contributed by atoms with Gasteiger partial charge in [0.25, 0.3) is 5.91 Å². The van der Waals surface area contributed by atoms with Crippen LogP contribution in [0.4, 0.5) is 0 Å². The van der Waals surface area contributed by atoms with E-state index in [1.54, 1.807) is 0 Å². The molecule has 0 saturated carbocycles. The van der Waals surface area contributed by atoms with Crippen LogP contribution in [0.3, 0.4) is 0 Å². The van der Waals surface area contributed by atoms with E-state index in [1.807, 2.05) is 32.0 Å². The van der Waals surface area contributed by atoms with Gasteiger partial charge < -0.3 is 19.5 Å². The number of amides is 1. The molecule has 0 radical (unpaired) electrons. The van der Waals surface area contributed by atoms with Gasteiger partial charge >= 0.3 is 5.97 Å². The fourth-order valence-corrected chi connectivity index (χ4v) is 2.99. The summed E-state index contributed by atoms with van der Waals surface area (Å²) in [7, 11) is 0. The molecule has 10 heteroatoms. The Labute approximate surface area is 189 Å². The second-order valence-corrected chi connectivity index (χ2v) is 7.07. The third-order valence-electron chi connectivity index (χ3n) is 3.79. The maximum atomic E-state index is 12.0. The van der Waals surface area contributed by atoms with Gasteiger partial charge in [0.15, 0.2) is 23.8 Å². The van der Waals surface area contributed by atoms with Crippen molar-refractivity contribution in [2.45, 2.75) is 20.3 Å². The van der Waals surface area contributed by atoms with E-state index >= 15 is 0 Å². The van der Waals surface area contributed by atoms with Crippen molar-refractivity contribution in [2.24, 2.45) is 0 Å². The van der Waals surface area contributed by atoms with Gasteiger partial charge in [-0.05, 0) is 38.0 Å². The first-order valence-corrected chi connectivity index (χ1v) is 10.3. The number of pyridine rings is 1. The summed E-state index contributed by atoms with van der Waals surface area (Å²) in [4.78, 5) is 27.8. The molecule has 0 spiro atoms. The third-order valence-corrected chi connectivity index (χ3v) is 5.03. The van der Waals surface area contributed by atoms with Crippen molar-refractivity contribution in [3.05, 3.63) is 50.7 Å². The van der Waals surface area contributed by atoms with Crippen LogP contribution in [-0.4, -0.2) is 43.2 Å². The van der Waals surface area contributed by atoms with Gasteiger partial charge in [0, 0.05) is 12.7 Å². The average molecular weight is 476 g/mol. The van der Waals surface area contributed by atoms with Crippen molar-refractivity contribution < 1.29 is 23.8 Å². The number of nitrogens with zero attached hydrogens (tertiary/aromatic N) is 1. The molecule has 0 aliphatic rings. The van der Waals surface area contributed by atoms with E-state index in [1.165, 1.54) is 6.20 Å². The van der Waals surface area contributed by atoms with Crippen LogP contribution in [0.1, 0.15) is 29.9 Å². The van der Waals surface area contributed by atoms with E-state index < -0.39 is 18.5 Å². The van der Waals surface area contributed by atoms with Gasteiger partial charge in [-0.15, -0.1) is 0 Å². The zero-order valence-electron chi connectivity index (χ0n) is 16.5. The van der Waals surface area contributed by atoms with Crippen molar-refractivity contribution >= 4 is 46.7 Å². The maximum absolute atomic E-state index is 12.0. The first kappa shape index (κ1) is 24.1. The predicted molar refractivity (Wildman–Crippen MR) is 115 cm³/mol. The van der Waals surface area contributed by atoms with Gasteiger partial charge in [-0.2, -0.15) is 0 Å². The molecule has 1 aromatic heterocycles. The number of ether oxygens (including phenoxy) is 3. The molecule has 162 valence electrons. The molecule has 1 aromatic carbocycles. The zero-order valence-corrected chi connectivity index (χ0v) is 18.7. The Kier molecular flexibility index (Phi) is 9.49. The van der Waals surface area contributed by atoms with Crippen LogP contribution in [0.25, 0.3) is 0 Å². The summed E-state index contributed by atoms with van der Waals surface area (Å²) >= 11 is 17.6. The average Bonchev–Trinajstić information content (AvgIpc) is 2.72. The number of esters is 1. The second kappa shape index (κ2) is 11.8. The maximum Gasteiger partial charge on any atom is 0.359 e. The van der Waals surface area contributed by atoms with Crippen molar-refractivity contribution in [2.75, 3.05) is 26.4 Å². The number of aromatic nitrogens is 1. The number of hydrogen-bond donors (Lipinski definition) is 1. The molecular formula is C20H21Cl3N2O5. The molecular weight excluding hydrogens is 455 g/mol. The molecule has 2 rings (SSSR count). The van der Waals surface area contributed by atoms with Gasteiger partial charge in [-0.25, -0.2) is 9.78 Å². The molecule has 1 N–H and O–H groups in total. The highest BCUT2D eigenvalue weighted by Gasteiger charge is 2.19. The molecule has 0 aliphatic carbocycles. The topological polar surface area (TPSA) is 86.8 Å². The Morgan fingerprint density at radius 3 is 2.43 bits per heavy atom. The van der Waals surface area contributed by atoms with E-state index in [0.29, 0.717) is 37.7 Å². The normalized spacial score (nSPS) is 10.4. The van der Waals surface area contributed by atoms with Gasteiger partial charge in [-0.3, -0.25) is 4.79 Å². The van der Waals surface area contributed by atoms with Crippen LogP contribution in [0.15, 0.2) is 24.4 Å². The molecule has 0 unspecified atom stereocenters. The number of carbonyl (C=O) groups excluding carboxylic acids is 2. The summed E-state index contributed by atoms with van der Waals surface area (Å²) in [6.45, 7) is 4.72. The van der Waals surface area contributed by atoms with E-state index in [2.05, 4.69) is 10.3 Å². The zero-order chi connectivity index (χ0) is 22.1. The first-order valence-electron chi connectivity index (χ1n) is 9.19. The van der Waals surface area contributed by atoms with Crippen molar-refractivity contribution in [3.63, 3.8) is 0 Å². The van der Waals surface area contributed by atoms with Crippen molar-refractivity contribution in [1.29, 1.82) is 0 Å². The van der Waals surface area contributed by atoms with Crippen LogP contribution in [0.5, 0.6) is 11.5 Å². The van der Waals surface area contributed by atoms with E-state index in [-0.39, 0.29) is 20.8 Å². The van der Waals surface area contributed by atoms with Gasteiger partial charge in [0.1, 0.15) is 0 Å². The van der Waals surface area contributed by atoms with E-state index in [9.17, 15) is 9.59 Å². The van der Waals surface area contributed by atoms with Crippen LogP contribution in [0, 0.1) is 0 Å². The fourth-order valence-electron chi connectivity index (χ4n) is 2.43. The monoisotopic (exact) mass is 474 g/mol. The lowest BCUT2D eigenvalue weighted by atomic mass is 10.1. The molecule has 0 aliphatic heterocycles. The molecule has 1 heterocycles. The fraction of sp³-hybridized carbons (Fsp3) is 0.350. The summed E-state index contributed by atoms with van der Waals surface area (Å²) in [6, 6.07) is 5.61. The Morgan fingerprint density at radius 1 is 1.03 bits per heavy atom. The van der Waals surface area contributed by atoms with E-state index in [0.717, 1.165) is 5.56 Å². The first-order chi connectivity index (χ1) is 14.4. The number of rotatable bonds is 10. The highest BCUT2D eigenvalue weighted by atomic mass is 35.5. The SMILES string of the molecule is CCOc1ccc(CCNC(=O)COC(=O)c2ncc(Cl)c(Cl)c2Cl)cc1OCC. The molecule has 0 bridgehead atoms. The summed E-state index contributed by atoms with van der Waals surface area (Å²) in [5.74, 6) is -0.00572. The van der Waals surface area contributed by atoms with Crippen LogP contribution in [0.2, 0.25) is 15.1 Å². The molecule has 7 nitrogen and oxygen atoms in total. The summed E-state index contributed by atoms with van der Waals surface area (Å²) in [5, 5.41) is 2.65. The molecule has 30 heavy (non-hydrogen) atoms. The third kappa shape index (κ3) is 6.65. The largest absolute Gasteiger partial charge is 0.490 e. The molecule has 0 fully saturated rings. The van der Waals surface area contributed by atoms with Crippen molar-refractivity contribution in [3.8, 4) is 11.5 Å².